The summed E-state index contributed by atoms with van der Waals surface area (Å²) in [6.45, 7) is 1.84. The molecule has 1 fully saturated rings. The van der Waals surface area contributed by atoms with Gasteiger partial charge in [0.05, 0.1) is 0 Å². The van der Waals surface area contributed by atoms with Crippen molar-refractivity contribution in [3.63, 3.8) is 0 Å². The van der Waals surface area contributed by atoms with Crippen molar-refractivity contribution in [1.82, 2.24) is 14.6 Å². The number of hydrogen-bond acceptors (Lipinski definition) is 6. The van der Waals surface area contributed by atoms with E-state index in [4.69, 9.17) is 11.1 Å². The standard InChI is InChI=1S/C26H26BF2IN4O3S/c1-26(28,29)37-21-7-2-8-22(13-21)38(35,36)34-10-4-6-19(17-34)20-11-24-23(27)16-33-30(24)25(12-20)32-15-18-5-3-9-31-14-18/h2-3,5,7-9,11-14,16,19,32H,4,6,10,15,17H2,1H3. The number of aromatic nitrogens is 1. The monoisotopic (exact) mass is 650 g/mol. The van der Waals surface area contributed by atoms with E-state index in [0.717, 1.165) is 30.9 Å². The Hall–Kier alpha value is -2.58. The number of nitrogens with one attached hydrogen (secondary N) is 1. The molecule has 2 aromatic rings. The number of allylic oxidation sites excluding steroid dienone is 4. The van der Waals surface area contributed by atoms with Gasteiger partial charge in [0, 0.05) is 6.92 Å². The molecule has 0 amide bonds. The molecule has 0 saturated carbocycles. The summed E-state index contributed by atoms with van der Waals surface area (Å²) in [7, 11) is 2.36. The summed E-state index contributed by atoms with van der Waals surface area (Å²) in [6, 6.07) is 9.16. The molecular weight excluding hydrogens is 624 g/mol. The fourth-order valence-corrected chi connectivity index (χ4v) is 10.5. The molecule has 0 bridgehead atoms. The number of fused-ring (bicyclic) bond motifs is 1. The van der Waals surface area contributed by atoms with Crippen LogP contribution in [0.15, 0.2) is 87.4 Å². The van der Waals surface area contributed by atoms with Crippen LogP contribution >= 0.6 is 20.1 Å². The summed E-state index contributed by atoms with van der Waals surface area (Å²) in [5, 5.41) is 3.53. The van der Waals surface area contributed by atoms with Gasteiger partial charge in [-0.05, 0) is 0 Å². The topological polar surface area (TPSA) is 83.9 Å². The summed E-state index contributed by atoms with van der Waals surface area (Å²) >= 11 is -2.05. The molecule has 1 saturated heterocycles. The predicted molar refractivity (Wildman–Crippen MR) is 152 cm³/mol. The summed E-state index contributed by atoms with van der Waals surface area (Å²) in [6.07, 6.45) is 7.54. The molecule has 1 atom stereocenters. The minimum atomic E-state index is -3.91. The second kappa shape index (κ2) is 10.9. The third-order valence-electron chi connectivity index (χ3n) is 6.31. The van der Waals surface area contributed by atoms with Crippen LogP contribution < -0.4 is 10.1 Å². The molecule has 1 aromatic carbocycles. The van der Waals surface area contributed by atoms with Gasteiger partial charge in [-0.15, -0.1) is 0 Å². The molecule has 0 aliphatic carbocycles. The van der Waals surface area contributed by atoms with Crippen molar-refractivity contribution in [2.45, 2.75) is 37.3 Å². The number of sulfonamides is 1. The number of halogens is 3. The van der Waals surface area contributed by atoms with Gasteiger partial charge in [-0.25, -0.2) is 0 Å². The average Bonchev–Trinajstić information content (AvgIpc) is 3.28. The third-order valence-corrected chi connectivity index (χ3v) is 12.8. The van der Waals surface area contributed by atoms with Crippen LogP contribution in [0.1, 0.15) is 25.3 Å². The van der Waals surface area contributed by atoms with E-state index in [1.165, 1.54) is 22.5 Å². The van der Waals surface area contributed by atoms with Crippen molar-refractivity contribution in [2.24, 2.45) is 9.12 Å². The molecule has 0 spiro atoms. The first-order valence-electron chi connectivity index (χ1n) is 12.1. The maximum atomic E-state index is 13.5. The van der Waals surface area contributed by atoms with E-state index in [2.05, 4.69) is 27.2 Å². The Balaban J connectivity index is 1.37. The van der Waals surface area contributed by atoms with Crippen LogP contribution in [0.2, 0.25) is 0 Å². The number of alkyl halides is 2. The van der Waals surface area contributed by atoms with Crippen LogP contribution in [-0.4, -0.2) is 51.0 Å². The molecule has 5 rings (SSSR count). The van der Waals surface area contributed by atoms with E-state index in [1.807, 2.05) is 18.3 Å². The average molecular weight is 650 g/mol. The summed E-state index contributed by atoms with van der Waals surface area (Å²) in [5.74, 6) is -0.248. The quantitative estimate of drug-likeness (QED) is 0.249. The Labute approximate surface area is 230 Å². The van der Waals surface area contributed by atoms with Gasteiger partial charge >= 0.3 is 215 Å². The second-order valence-electron chi connectivity index (χ2n) is 9.23. The zero-order valence-electron chi connectivity index (χ0n) is 20.6. The molecule has 1 unspecified atom stereocenters. The Bertz CT molecular complexity index is 1440. The molecule has 3 aliphatic heterocycles. The van der Waals surface area contributed by atoms with Gasteiger partial charge in [0.15, 0.2) is 0 Å². The van der Waals surface area contributed by atoms with Crippen molar-refractivity contribution < 1.29 is 21.9 Å². The number of ether oxygens (including phenoxy) is 1. The fourth-order valence-electron chi connectivity index (χ4n) is 4.53. The van der Waals surface area contributed by atoms with Crippen molar-refractivity contribution in [2.75, 3.05) is 13.1 Å². The van der Waals surface area contributed by atoms with Gasteiger partial charge < -0.3 is 0 Å². The molecule has 1 aromatic heterocycles. The van der Waals surface area contributed by atoms with Crippen LogP contribution in [0.25, 0.3) is 0 Å². The molecular formula is C26H26BF2IN4O3S. The maximum absolute atomic E-state index is 13.5. The van der Waals surface area contributed by atoms with Crippen LogP contribution in [0.5, 0.6) is 5.75 Å². The van der Waals surface area contributed by atoms with Crippen molar-refractivity contribution in [1.29, 1.82) is 0 Å². The Morgan fingerprint density at radius 2 is 2.11 bits per heavy atom. The van der Waals surface area contributed by atoms with E-state index in [9.17, 15) is 17.2 Å². The third kappa shape index (κ3) is 6.02. The summed E-state index contributed by atoms with van der Waals surface area (Å²) in [4.78, 5) is 4.10. The zero-order chi connectivity index (χ0) is 26.9. The molecule has 4 heterocycles. The Kier molecular flexibility index (Phi) is 7.74. The molecule has 12 heteroatoms. The summed E-state index contributed by atoms with van der Waals surface area (Å²) in [5.41, 5.74) is 2.72. The molecule has 3 aliphatic rings. The van der Waals surface area contributed by atoms with E-state index in [-0.39, 0.29) is 23.1 Å². The van der Waals surface area contributed by atoms with Crippen LogP contribution in [0, 0.1) is 5.92 Å². The molecule has 2 radical (unpaired) electrons. The number of rotatable bonds is 8. The predicted octanol–water partition coefficient (Wildman–Crippen LogP) is 4.93. The first-order valence-corrected chi connectivity index (χ1v) is 16.6. The summed E-state index contributed by atoms with van der Waals surface area (Å²) < 4.78 is 66.4. The van der Waals surface area contributed by atoms with E-state index in [1.54, 1.807) is 12.4 Å². The zero-order valence-corrected chi connectivity index (χ0v) is 23.6. The van der Waals surface area contributed by atoms with E-state index >= 15 is 0 Å². The number of piperidine rings is 1. The number of nitrogens with zero attached hydrogens (tertiary/aromatic N) is 3. The van der Waals surface area contributed by atoms with E-state index in [0.29, 0.717) is 31.9 Å². The fraction of sp³-hybridized carbons (Fsp3) is 0.308. The number of pyridine rings is 1. The van der Waals surface area contributed by atoms with Crippen LogP contribution in [0.3, 0.4) is 0 Å². The molecule has 198 valence electrons. The molecule has 38 heavy (non-hydrogen) atoms. The van der Waals surface area contributed by atoms with Crippen LogP contribution in [0.4, 0.5) is 8.78 Å². The van der Waals surface area contributed by atoms with Crippen molar-refractivity contribution >= 4 is 44.2 Å². The van der Waals surface area contributed by atoms with Gasteiger partial charge in [0.25, 0.3) is 0 Å². The second-order valence-corrected chi connectivity index (χ2v) is 15.6. The van der Waals surface area contributed by atoms with Gasteiger partial charge in [-0.3, -0.25) is 0 Å². The Morgan fingerprint density at radius 3 is 2.87 bits per heavy atom. The number of benzene rings is 1. The normalized spacial score (nSPS) is 21.1. The number of hydrogen-bond donors (Lipinski definition) is 1. The van der Waals surface area contributed by atoms with Gasteiger partial charge in [-0.2, -0.15) is 8.78 Å². The van der Waals surface area contributed by atoms with Gasteiger partial charge in [0.1, 0.15) is 0 Å². The first kappa shape index (κ1) is 27.0. The van der Waals surface area contributed by atoms with Crippen molar-refractivity contribution in [3.8, 4) is 5.75 Å². The molecule has 7 nitrogen and oxygen atoms in total. The van der Waals surface area contributed by atoms with Crippen molar-refractivity contribution in [3.05, 3.63) is 84.8 Å². The molecule has 1 N–H and O–H groups in total. The van der Waals surface area contributed by atoms with Gasteiger partial charge in [0.2, 0.25) is 0 Å². The Morgan fingerprint density at radius 1 is 1.26 bits per heavy atom. The van der Waals surface area contributed by atoms with Gasteiger partial charge in [-0.1, -0.05) is 0 Å². The SMILES string of the molecule is [B]C1=C2C=C(C3CCCN(S(=O)(=O)c4cccc(OC(C)(F)F)c4)C3)C=C(NCc3cccnc3)I2N=C1. The van der Waals surface area contributed by atoms with Crippen LogP contribution in [-0.2, 0) is 16.6 Å². The minimum absolute atomic E-state index is 0.0490. The first-order chi connectivity index (χ1) is 18.1. The van der Waals surface area contributed by atoms with E-state index < -0.39 is 36.2 Å².